The first kappa shape index (κ1) is 28.5. The minimum absolute atomic E-state index is 0.0733. The summed E-state index contributed by atoms with van der Waals surface area (Å²) in [6, 6.07) is 14.0. The second-order valence-corrected chi connectivity index (χ2v) is 11.0. The highest BCUT2D eigenvalue weighted by Crippen LogP contribution is 2.49. The molecule has 3 heterocycles. The van der Waals surface area contributed by atoms with E-state index in [1.54, 1.807) is 14.2 Å². The van der Waals surface area contributed by atoms with Crippen LogP contribution in [0, 0.1) is 0 Å². The monoisotopic (exact) mass is 555 g/mol. The van der Waals surface area contributed by atoms with Gasteiger partial charge >= 0.3 is 6.03 Å². The highest BCUT2D eigenvalue weighted by Gasteiger charge is 2.54. The van der Waals surface area contributed by atoms with E-state index in [0.717, 1.165) is 71.2 Å². The highest BCUT2D eigenvalue weighted by molar-refractivity contribution is 6.09. The van der Waals surface area contributed by atoms with Crippen molar-refractivity contribution in [3.63, 3.8) is 0 Å². The quantitative estimate of drug-likeness (QED) is 0.449. The molecule has 41 heavy (non-hydrogen) atoms. The van der Waals surface area contributed by atoms with Crippen molar-refractivity contribution in [2.45, 2.75) is 44.7 Å². The van der Waals surface area contributed by atoms with Crippen LogP contribution < -0.4 is 15.2 Å². The second kappa shape index (κ2) is 11.8. The van der Waals surface area contributed by atoms with E-state index in [2.05, 4.69) is 36.3 Å². The van der Waals surface area contributed by atoms with Crippen molar-refractivity contribution < 1.29 is 14.3 Å². The number of hydrogen-bond acceptors (Lipinski definition) is 6. The average molecular weight is 556 g/mol. The van der Waals surface area contributed by atoms with Gasteiger partial charge in [-0.25, -0.2) is 4.79 Å². The summed E-state index contributed by atoms with van der Waals surface area (Å²) in [5.41, 5.74) is 11.3. The number of aliphatic imine (C=N–C) groups is 1. The van der Waals surface area contributed by atoms with E-state index >= 15 is 0 Å². The van der Waals surface area contributed by atoms with Gasteiger partial charge in [0.1, 0.15) is 11.5 Å². The molecule has 0 radical (unpaired) electrons. The summed E-state index contributed by atoms with van der Waals surface area (Å²) in [4.78, 5) is 25.1. The third kappa shape index (κ3) is 5.24. The van der Waals surface area contributed by atoms with Gasteiger partial charge in [0.25, 0.3) is 0 Å². The summed E-state index contributed by atoms with van der Waals surface area (Å²) < 4.78 is 11.3. The molecule has 2 aromatic rings. The molecule has 8 nitrogen and oxygen atoms in total. The highest BCUT2D eigenvalue weighted by atomic mass is 16.5. The van der Waals surface area contributed by atoms with Crippen LogP contribution in [0.4, 0.5) is 4.79 Å². The Morgan fingerprint density at radius 2 is 1.90 bits per heavy atom. The SMILES string of the molecule is C=C(CN1CCC2(CC1)C1=C[C@H](C)c3c(cc(OC)cc3OC)CN1C(=O)N2CC)/N=C(\C=C/N)c1ccccc1. The maximum absolute atomic E-state index is 13.9. The van der Waals surface area contributed by atoms with Crippen LogP contribution >= 0.6 is 0 Å². The van der Waals surface area contributed by atoms with E-state index in [1.807, 2.05) is 53.4 Å². The average Bonchev–Trinajstić information content (AvgIpc) is 3.08. The summed E-state index contributed by atoms with van der Waals surface area (Å²) in [6.07, 6.45) is 7.31. The zero-order valence-electron chi connectivity index (χ0n) is 24.6. The number of urea groups is 1. The van der Waals surface area contributed by atoms with Gasteiger partial charge in [0.2, 0.25) is 0 Å². The normalized spacial score (nSPS) is 20.6. The molecule has 1 spiro atoms. The number of fused-ring (bicyclic) bond motifs is 3. The number of benzene rings is 2. The molecule has 1 atom stereocenters. The minimum Gasteiger partial charge on any atom is -0.497 e. The van der Waals surface area contributed by atoms with E-state index in [4.69, 9.17) is 20.2 Å². The molecule has 2 N–H and O–H groups in total. The lowest BCUT2D eigenvalue weighted by molar-refractivity contribution is 0.0967. The number of allylic oxidation sites excluding steroid dienone is 2. The van der Waals surface area contributed by atoms with Crippen molar-refractivity contribution >= 4 is 11.7 Å². The number of carbonyl (C=O) groups is 1. The molecule has 0 unspecified atom stereocenters. The smallest absolute Gasteiger partial charge is 0.325 e. The predicted octanol–water partition coefficient (Wildman–Crippen LogP) is 5.27. The molecule has 2 saturated heterocycles. The van der Waals surface area contributed by atoms with Crippen molar-refractivity contribution in [3.05, 3.63) is 95.5 Å². The van der Waals surface area contributed by atoms with E-state index in [-0.39, 0.29) is 17.5 Å². The van der Waals surface area contributed by atoms with Crippen LogP contribution in [0.25, 0.3) is 0 Å². The lowest BCUT2D eigenvalue weighted by atomic mass is 9.82. The van der Waals surface area contributed by atoms with Crippen LogP contribution in [-0.2, 0) is 6.54 Å². The molecule has 0 saturated carbocycles. The van der Waals surface area contributed by atoms with E-state index in [1.165, 1.54) is 6.20 Å². The van der Waals surface area contributed by atoms with Gasteiger partial charge in [0.05, 0.1) is 32.0 Å². The molecular formula is C33H41N5O3. The number of carbonyl (C=O) groups excluding carboxylic acids is 1. The number of amides is 2. The Kier molecular flexibility index (Phi) is 8.22. The molecule has 2 fully saturated rings. The fraction of sp³-hybridized carbons (Fsp3) is 0.394. The maximum Gasteiger partial charge on any atom is 0.325 e. The van der Waals surface area contributed by atoms with Crippen LogP contribution in [-0.4, -0.2) is 72.4 Å². The van der Waals surface area contributed by atoms with Crippen molar-refractivity contribution in [1.29, 1.82) is 0 Å². The first-order valence-corrected chi connectivity index (χ1v) is 14.3. The Labute approximate surface area is 243 Å². The van der Waals surface area contributed by atoms with E-state index < -0.39 is 0 Å². The molecule has 3 aliphatic rings. The number of ether oxygens (including phenoxy) is 2. The number of nitrogens with two attached hydrogens (primary N) is 1. The van der Waals surface area contributed by atoms with Crippen LogP contribution in [0.2, 0.25) is 0 Å². The van der Waals surface area contributed by atoms with Crippen LogP contribution in [0.15, 0.2) is 83.8 Å². The maximum atomic E-state index is 13.9. The Hall–Kier alpha value is -4.04. The number of piperidine rings is 1. The topological polar surface area (TPSA) is 83.6 Å². The van der Waals surface area contributed by atoms with Gasteiger partial charge in [-0.1, -0.05) is 49.9 Å². The lowest BCUT2D eigenvalue weighted by Gasteiger charge is -2.44. The fourth-order valence-corrected chi connectivity index (χ4v) is 6.71. The van der Waals surface area contributed by atoms with E-state index in [0.29, 0.717) is 19.6 Å². The molecule has 0 aliphatic carbocycles. The molecule has 216 valence electrons. The van der Waals surface area contributed by atoms with Crippen LogP contribution in [0.1, 0.15) is 49.3 Å². The fourth-order valence-electron chi connectivity index (χ4n) is 6.71. The third-order valence-electron chi connectivity index (χ3n) is 8.60. The Balaban J connectivity index is 1.38. The summed E-state index contributed by atoms with van der Waals surface area (Å²) in [5.74, 6) is 1.62. The van der Waals surface area contributed by atoms with Crippen molar-refractivity contribution in [1.82, 2.24) is 14.7 Å². The van der Waals surface area contributed by atoms with Gasteiger partial charge in [0.15, 0.2) is 0 Å². The van der Waals surface area contributed by atoms with E-state index in [9.17, 15) is 4.79 Å². The first-order valence-electron chi connectivity index (χ1n) is 14.3. The van der Waals surface area contributed by atoms with Gasteiger partial charge in [-0.3, -0.25) is 14.8 Å². The molecular weight excluding hydrogens is 514 g/mol. The largest absolute Gasteiger partial charge is 0.497 e. The number of likely N-dealkylation sites (N-methyl/N-ethyl adjacent to an activating group) is 1. The predicted molar refractivity (Wildman–Crippen MR) is 163 cm³/mol. The number of hydrogen-bond donors (Lipinski definition) is 1. The third-order valence-corrected chi connectivity index (χ3v) is 8.60. The number of nitrogens with zero attached hydrogens (tertiary/aromatic N) is 4. The lowest BCUT2D eigenvalue weighted by Crippen LogP contribution is -2.53. The number of methoxy groups -OCH3 is 2. The van der Waals surface area contributed by atoms with Crippen LogP contribution in [0.3, 0.4) is 0 Å². The number of likely N-dealkylation sites (tertiary alicyclic amines) is 1. The van der Waals surface area contributed by atoms with Crippen molar-refractivity contribution in [2.24, 2.45) is 10.7 Å². The molecule has 0 aromatic heterocycles. The van der Waals surface area contributed by atoms with Gasteiger partial charge in [-0.2, -0.15) is 0 Å². The summed E-state index contributed by atoms with van der Waals surface area (Å²) in [5, 5.41) is 0. The molecule has 5 rings (SSSR count). The summed E-state index contributed by atoms with van der Waals surface area (Å²) in [7, 11) is 3.35. The van der Waals surface area contributed by atoms with Crippen LogP contribution in [0.5, 0.6) is 11.5 Å². The van der Waals surface area contributed by atoms with Gasteiger partial charge in [-0.15, -0.1) is 0 Å². The second-order valence-electron chi connectivity index (χ2n) is 11.0. The van der Waals surface area contributed by atoms with Gasteiger partial charge in [0, 0.05) is 60.7 Å². The Morgan fingerprint density at radius 1 is 1.17 bits per heavy atom. The standard InChI is InChI=1S/C33H41N5O3/c1-6-38-32(39)37-22-26-19-27(40-4)20-29(41-5)31(26)23(2)18-30(37)33(38)13-16-36(17-14-33)21-24(3)35-28(12-15-34)25-10-8-7-9-11-25/h7-12,15,18-20,23H,3,6,13-14,16-17,21-22,34H2,1-2,4-5H3/b15-12-,35-28+/t23-/m0/s1. The summed E-state index contributed by atoms with van der Waals surface area (Å²) >= 11 is 0. The van der Waals surface area contributed by atoms with Gasteiger partial charge < -0.3 is 20.1 Å². The van der Waals surface area contributed by atoms with Gasteiger partial charge in [-0.05, 0) is 43.7 Å². The van der Waals surface area contributed by atoms with Crippen molar-refractivity contribution in [3.8, 4) is 11.5 Å². The summed E-state index contributed by atoms with van der Waals surface area (Å²) in [6.45, 7) is 12.0. The molecule has 0 bridgehead atoms. The number of rotatable bonds is 8. The Morgan fingerprint density at radius 3 is 2.54 bits per heavy atom. The molecule has 3 aliphatic heterocycles. The molecule has 8 heteroatoms. The first-order chi connectivity index (χ1) is 19.8. The molecule has 2 amide bonds. The van der Waals surface area contributed by atoms with Crippen molar-refractivity contribution in [2.75, 3.05) is 40.4 Å². The zero-order valence-corrected chi connectivity index (χ0v) is 24.6. The minimum atomic E-state index is -0.335. The Bertz CT molecular complexity index is 1390. The molecule has 2 aromatic carbocycles. The zero-order chi connectivity index (χ0) is 29.1.